The maximum Gasteiger partial charge on any atom is 0.337 e. The third kappa shape index (κ3) is 2.94. The summed E-state index contributed by atoms with van der Waals surface area (Å²) in [7, 11) is 0. The number of aromatic nitrogens is 1. The van der Waals surface area contributed by atoms with Crippen molar-refractivity contribution >= 4 is 40.7 Å². The van der Waals surface area contributed by atoms with Gasteiger partial charge in [0.05, 0.1) is 21.3 Å². The van der Waals surface area contributed by atoms with Crippen LogP contribution in [0.3, 0.4) is 0 Å². The summed E-state index contributed by atoms with van der Waals surface area (Å²) in [4.78, 5) is 14.6. The van der Waals surface area contributed by atoms with Gasteiger partial charge in [-0.1, -0.05) is 29.3 Å². The predicted octanol–water partition coefficient (Wildman–Crippen LogP) is 3.97. The molecule has 2 rings (SSSR count). The Hall–Kier alpha value is -1.85. The van der Waals surface area contributed by atoms with Crippen molar-refractivity contribution in [2.75, 3.05) is 5.32 Å². The van der Waals surface area contributed by atoms with E-state index in [4.69, 9.17) is 28.3 Å². The average Bonchev–Trinajstić information content (AvgIpc) is 2.35. The molecule has 7 heteroatoms. The number of carbonyl (C=O) groups is 1. The first-order chi connectivity index (χ1) is 8.99. The highest BCUT2D eigenvalue weighted by atomic mass is 35.5. The fourth-order valence-electron chi connectivity index (χ4n) is 1.38. The second-order valence-corrected chi connectivity index (χ2v) is 4.40. The first-order valence-corrected chi connectivity index (χ1v) is 5.84. The molecule has 0 radical (unpaired) electrons. The van der Waals surface area contributed by atoms with E-state index >= 15 is 0 Å². The van der Waals surface area contributed by atoms with Gasteiger partial charge in [0, 0.05) is 6.20 Å². The second-order valence-electron chi connectivity index (χ2n) is 3.58. The molecule has 0 bridgehead atoms. The number of para-hydroxylation sites is 1. The molecular formula is C12H7Cl2FN2O2. The average molecular weight is 301 g/mol. The van der Waals surface area contributed by atoms with Crippen LogP contribution in [0.4, 0.5) is 15.9 Å². The molecule has 0 aliphatic carbocycles. The molecule has 0 spiro atoms. The summed E-state index contributed by atoms with van der Waals surface area (Å²) in [5, 5.41) is 11.6. The quantitative estimate of drug-likeness (QED) is 0.900. The number of nitrogens with zero attached hydrogens (tertiary/aromatic N) is 1. The van der Waals surface area contributed by atoms with E-state index in [0.29, 0.717) is 0 Å². The van der Waals surface area contributed by atoms with Crippen LogP contribution in [0.15, 0.2) is 30.5 Å². The van der Waals surface area contributed by atoms with Crippen molar-refractivity contribution in [3.63, 3.8) is 0 Å². The van der Waals surface area contributed by atoms with Gasteiger partial charge in [-0.25, -0.2) is 14.2 Å². The minimum absolute atomic E-state index is 0.0293. The summed E-state index contributed by atoms with van der Waals surface area (Å²) >= 11 is 11.7. The number of rotatable bonds is 3. The number of carboxylic acids is 1. The van der Waals surface area contributed by atoms with Crippen LogP contribution >= 0.6 is 23.2 Å². The van der Waals surface area contributed by atoms with E-state index in [1.165, 1.54) is 24.3 Å². The van der Waals surface area contributed by atoms with Gasteiger partial charge in [-0.3, -0.25) is 0 Å². The van der Waals surface area contributed by atoms with Crippen molar-refractivity contribution < 1.29 is 14.3 Å². The standard InChI is InChI=1S/C12H7Cl2FN2O2/c13-7-2-1-3-9(15)10(7)17-11-8(14)4-6(5-16-11)12(18)19/h1-5H,(H,16,17)(H,18,19). The first kappa shape index (κ1) is 13.6. The molecule has 0 unspecified atom stereocenters. The number of aromatic carboxylic acids is 1. The third-order valence-corrected chi connectivity index (χ3v) is 2.90. The van der Waals surface area contributed by atoms with Gasteiger partial charge in [-0.2, -0.15) is 0 Å². The van der Waals surface area contributed by atoms with Crippen LogP contribution in [0.1, 0.15) is 10.4 Å². The van der Waals surface area contributed by atoms with E-state index in [2.05, 4.69) is 10.3 Å². The molecule has 0 saturated carbocycles. The number of hydrogen-bond acceptors (Lipinski definition) is 3. The molecule has 1 aromatic carbocycles. The topological polar surface area (TPSA) is 62.2 Å². The summed E-state index contributed by atoms with van der Waals surface area (Å²) in [6, 6.07) is 5.42. The molecule has 1 heterocycles. The largest absolute Gasteiger partial charge is 0.478 e. The first-order valence-electron chi connectivity index (χ1n) is 5.09. The Kier molecular flexibility index (Phi) is 3.87. The zero-order valence-electron chi connectivity index (χ0n) is 9.32. The number of hydrogen-bond donors (Lipinski definition) is 2. The van der Waals surface area contributed by atoms with Gasteiger partial charge in [0.1, 0.15) is 11.6 Å². The van der Waals surface area contributed by atoms with Crippen molar-refractivity contribution in [2.45, 2.75) is 0 Å². The SMILES string of the molecule is O=C(O)c1cnc(Nc2c(F)cccc2Cl)c(Cl)c1. The van der Waals surface area contributed by atoms with Gasteiger partial charge in [-0.05, 0) is 18.2 Å². The van der Waals surface area contributed by atoms with Gasteiger partial charge in [-0.15, -0.1) is 0 Å². The highest BCUT2D eigenvalue weighted by Crippen LogP contribution is 2.30. The maximum absolute atomic E-state index is 13.6. The molecule has 1 aromatic heterocycles. The van der Waals surface area contributed by atoms with E-state index in [9.17, 15) is 9.18 Å². The Morgan fingerprint density at radius 1 is 1.32 bits per heavy atom. The minimum atomic E-state index is -1.15. The molecular weight excluding hydrogens is 294 g/mol. The molecule has 0 amide bonds. The fraction of sp³-hybridized carbons (Fsp3) is 0. The number of halogens is 3. The van der Waals surface area contributed by atoms with Gasteiger partial charge >= 0.3 is 5.97 Å². The lowest BCUT2D eigenvalue weighted by Crippen LogP contribution is -2.02. The van der Waals surface area contributed by atoms with Crippen LogP contribution < -0.4 is 5.32 Å². The zero-order valence-corrected chi connectivity index (χ0v) is 10.8. The molecule has 0 saturated heterocycles. The summed E-state index contributed by atoms with van der Waals surface area (Å²) in [6.07, 6.45) is 1.12. The molecule has 0 atom stereocenters. The van der Waals surface area contributed by atoms with E-state index in [-0.39, 0.29) is 27.1 Å². The van der Waals surface area contributed by atoms with Crippen molar-refractivity contribution in [3.8, 4) is 0 Å². The Morgan fingerprint density at radius 3 is 2.63 bits per heavy atom. The Labute approximate surface area is 117 Å². The minimum Gasteiger partial charge on any atom is -0.478 e. The Morgan fingerprint density at radius 2 is 2.05 bits per heavy atom. The fourth-order valence-corrected chi connectivity index (χ4v) is 1.81. The number of anilines is 2. The summed E-state index contributed by atoms with van der Waals surface area (Å²) < 4.78 is 13.6. The molecule has 2 N–H and O–H groups in total. The van der Waals surface area contributed by atoms with Crippen LogP contribution in [-0.4, -0.2) is 16.1 Å². The van der Waals surface area contributed by atoms with Crippen molar-refractivity contribution in [2.24, 2.45) is 0 Å². The van der Waals surface area contributed by atoms with Crippen molar-refractivity contribution in [3.05, 3.63) is 51.9 Å². The van der Waals surface area contributed by atoms with Gasteiger partial charge < -0.3 is 10.4 Å². The highest BCUT2D eigenvalue weighted by Gasteiger charge is 2.12. The molecule has 19 heavy (non-hydrogen) atoms. The normalized spacial score (nSPS) is 10.3. The van der Waals surface area contributed by atoms with Crippen LogP contribution in [0.5, 0.6) is 0 Å². The van der Waals surface area contributed by atoms with Gasteiger partial charge in [0.25, 0.3) is 0 Å². The molecule has 98 valence electrons. The monoisotopic (exact) mass is 300 g/mol. The highest BCUT2D eigenvalue weighted by molar-refractivity contribution is 6.34. The molecule has 0 aliphatic heterocycles. The lowest BCUT2D eigenvalue weighted by molar-refractivity contribution is 0.0696. The van der Waals surface area contributed by atoms with Gasteiger partial charge in [0.15, 0.2) is 0 Å². The summed E-state index contributed by atoms with van der Waals surface area (Å²) in [5.41, 5.74) is -0.0307. The van der Waals surface area contributed by atoms with E-state index in [1.807, 2.05) is 0 Å². The lowest BCUT2D eigenvalue weighted by Gasteiger charge is -2.10. The molecule has 4 nitrogen and oxygen atoms in total. The zero-order chi connectivity index (χ0) is 14.0. The number of benzene rings is 1. The smallest absolute Gasteiger partial charge is 0.337 e. The maximum atomic E-state index is 13.6. The molecule has 2 aromatic rings. The molecule has 0 fully saturated rings. The van der Waals surface area contributed by atoms with Crippen LogP contribution in [0.2, 0.25) is 10.0 Å². The summed E-state index contributed by atoms with van der Waals surface area (Å²) in [5.74, 6) is -1.59. The summed E-state index contributed by atoms with van der Waals surface area (Å²) in [6.45, 7) is 0. The predicted molar refractivity (Wildman–Crippen MR) is 70.9 cm³/mol. The van der Waals surface area contributed by atoms with Crippen LogP contribution in [0.25, 0.3) is 0 Å². The Balaban J connectivity index is 2.36. The van der Waals surface area contributed by atoms with Crippen molar-refractivity contribution in [1.29, 1.82) is 0 Å². The molecule has 0 aliphatic rings. The van der Waals surface area contributed by atoms with E-state index in [1.54, 1.807) is 0 Å². The Bertz CT molecular complexity index is 629. The van der Waals surface area contributed by atoms with E-state index < -0.39 is 11.8 Å². The second kappa shape index (κ2) is 5.42. The number of carboxylic acid groups (broad SMARTS) is 1. The van der Waals surface area contributed by atoms with Gasteiger partial charge in [0.2, 0.25) is 0 Å². The third-order valence-electron chi connectivity index (χ3n) is 2.29. The number of nitrogens with one attached hydrogen (secondary N) is 1. The lowest BCUT2D eigenvalue weighted by atomic mass is 10.2. The van der Waals surface area contributed by atoms with E-state index in [0.717, 1.165) is 6.20 Å². The van der Waals surface area contributed by atoms with Crippen LogP contribution in [0, 0.1) is 5.82 Å². The number of pyridine rings is 1. The van der Waals surface area contributed by atoms with Crippen LogP contribution in [-0.2, 0) is 0 Å². The van der Waals surface area contributed by atoms with Crippen molar-refractivity contribution in [1.82, 2.24) is 4.98 Å².